The number of thioether (sulfide) groups is 1. The highest BCUT2D eigenvalue weighted by Crippen LogP contribution is 2.16. The Kier molecular flexibility index (Phi) is 3.81. The maximum atomic E-state index is 5.57. The Hall–Kier alpha value is -0.140. The van der Waals surface area contributed by atoms with Crippen molar-refractivity contribution in [3.63, 3.8) is 0 Å². The largest absolute Gasteiger partial charge is 0.141 e. The van der Waals surface area contributed by atoms with Crippen LogP contribution >= 0.6 is 23.4 Å². The van der Waals surface area contributed by atoms with E-state index >= 15 is 0 Å². The highest BCUT2D eigenvalue weighted by atomic mass is 35.5. The molecule has 0 heterocycles. The molecule has 11 heavy (non-hydrogen) atoms. The van der Waals surface area contributed by atoms with Gasteiger partial charge in [-0.25, -0.2) is 0 Å². The smallest absolute Gasteiger partial charge is 0.0683 e. The molecule has 0 aliphatic rings. The molecule has 0 N–H and O–H groups in total. The molecule has 0 bridgehead atoms. The van der Waals surface area contributed by atoms with Gasteiger partial charge in [0.05, 0.1) is 5.21 Å². The average molecular weight is 187 g/mol. The minimum Gasteiger partial charge on any atom is -0.141 e. The SMILES string of the molecule is Cc1ccccc1CSCCl. The van der Waals surface area contributed by atoms with E-state index in [1.165, 1.54) is 11.1 Å². The molecule has 1 rings (SSSR count). The van der Waals surface area contributed by atoms with E-state index in [0.29, 0.717) is 5.21 Å². The van der Waals surface area contributed by atoms with Crippen LogP contribution in [-0.4, -0.2) is 5.21 Å². The fourth-order valence-corrected chi connectivity index (χ4v) is 1.77. The number of rotatable bonds is 3. The predicted octanol–water partition coefficient (Wildman–Crippen LogP) is 3.42. The Labute approximate surface area is 77.0 Å². The molecule has 0 saturated heterocycles. The first kappa shape index (κ1) is 8.95. The first-order chi connectivity index (χ1) is 5.34. The van der Waals surface area contributed by atoms with Crippen LogP contribution in [0.5, 0.6) is 0 Å². The van der Waals surface area contributed by atoms with Crippen molar-refractivity contribution >= 4 is 23.4 Å². The Morgan fingerprint density at radius 1 is 1.36 bits per heavy atom. The summed E-state index contributed by atoms with van der Waals surface area (Å²) in [6.45, 7) is 2.13. The zero-order valence-corrected chi connectivity index (χ0v) is 8.08. The van der Waals surface area contributed by atoms with Crippen molar-refractivity contribution in [1.29, 1.82) is 0 Å². The maximum absolute atomic E-state index is 5.57. The van der Waals surface area contributed by atoms with Gasteiger partial charge in [-0.2, -0.15) is 0 Å². The number of aryl methyl sites for hydroxylation is 1. The first-order valence-electron chi connectivity index (χ1n) is 3.53. The zero-order valence-electron chi connectivity index (χ0n) is 6.51. The summed E-state index contributed by atoms with van der Waals surface area (Å²) in [5.41, 5.74) is 2.74. The van der Waals surface area contributed by atoms with Crippen LogP contribution in [0.25, 0.3) is 0 Å². The van der Waals surface area contributed by atoms with Crippen LogP contribution in [-0.2, 0) is 5.75 Å². The van der Waals surface area contributed by atoms with Gasteiger partial charge in [0.15, 0.2) is 0 Å². The fraction of sp³-hybridized carbons (Fsp3) is 0.333. The molecule has 0 nitrogen and oxygen atoms in total. The third kappa shape index (κ3) is 2.76. The average Bonchev–Trinajstić information content (AvgIpc) is 2.03. The minimum absolute atomic E-state index is 0.675. The lowest BCUT2D eigenvalue weighted by Crippen LogP contribution is -1.84. The van der Waals surface area contributed by atoms with E-state index in [1.54, 1.807) is 11.8 Å². The highest BCUT2D eigenvalue weighted by molar-refractivity contribution is 7.99. The van der Waals surface area contributed by atoms with Crippen molar-refractivity contribution in [3.8, 4) is 0 Å². The molecule has 0 saturated carbocycles. The van der Waals surface area contributed by atoms with Crippen LogP contribution in [0.15, 0.2) is 24.3 Å². The van der Waals surface area contributed by atoms with Gasteiger partial charge in [0.1, 0.15) is 0 Å². The molecular formula is C9H11ClS. The molecule has 60 valence electrons. The second-order valence-corrected chi connectivity index (χ2v) is 3.95. The van der Waals surface area contributed by atoms with Gasteiger partial charge in [-0.1, -0.05) is 24.3 Å². The van der Waals surface area contributed by atoms with Gasteiger partial charge in [0, 0.05) is 5.75 Å². The van der Waals surface area contributed by atoms with Crippen LogP contribution < -0.4 is 0 Å². The summed E-state index contributed by atoms with van der Waals surface area (Å²) in [5, 5.41) is 0.675. The van der Waals surface area contributed by atoms with Gasteiger partial charge in [-0.05, 0) is 18.1 Å². The molecule has 0 atom stereocenters. The molecule has 0 aromatic heterocycles. The van der Waals surface area contributed by atoms with Crippen LogP contribution in [0, 0.1) is 6.92 Å². The molecule has 1 aromatic carbocycles. The molecule has 0 fully saturated rings. The van der Waals surface area contributed by atoms with Crippen molar-refractivity contribution in [1.82, 2.24) is 0 Å². The van der Waals surface area contributed by atoms with Crippen molar-refractivity contribution < 1.29 is 0 Å². The van der Waals surface area contributed by atoms with E-state index in [4.69, 9.17) is 11.6 Å². The number of hydrogen-bond acceptors (Lipinski definition) is 1. The summed E-state index contributed by atoms with van der Waals surface area (Å²) in [6, 6.07) is 8.40. The normalized spacial score (nSPS) is 10.0. The third-order valence-electron chi connectivity index (χ3n) is 1.60. The van der Waals surface area contributed by atoms with Gasteiger partial charge in [0.25, 0.3) is 0 Å². The summed E-state index contributed by atoms with van der Waals surface area (Å²) >= 11 is 7.31. The number of halogens is 1. The van der Waals surface area contributed by atoms with Crippen LogP contribution in [0.3, 0.4) is 0 Å². The quantitative estimate of drug-likeness (QED) is 0.652. The summed E-state index contributed by atoms with van der Waals surface area (Å²) in [6.07, 6.45) is 0. The van der Waals surface area contributed by atoms with E-state index in [-0.39, 0.29) is 0 Å². The molecule has 1 aromatic rings. The number of alkyl halides is 1. The summed E-state index contributed by atoms with van der Waals surface area (Å²) < 4.78 is 0. The topological polar surface area (TPSA) is 0 Å². The fourth-order valence-electron chi connectivity index (χ4n) is 0.921. The lowest BCUT2D eigenvalue weighted by molar-refractivity contribution is 1.31. The number of hydrogen-bond donors (Lipinski definition) is 0. The van der Waals surface area contributed by atoms with E-state index in [9.17, 15) is 0 Å². The van der Waals surface area contributed by atoms with Gasteiger partial charge >= 0.3 is 0 Å². The van der Waals surface area contributed by atoms with Crippen molar-refractivity contribution in [2.24, 2.45) is 0 Å². The van der Waals surface area contributed by atoms with Gasteiger partial charge < -0.3 is 0 Å². The monoisotopic (exact) mass is 186 g/mol. The lowest BCUT2D eigenvalue weighted by Gasteiger charge is -2.02. The summed E-state index contributed by atoms with van der Waals surface area (Å²) in [7, 11) is 0. The van der Waals surface area contributed by atoms with Crippen LogP contribution in [0.4, 0.5) is 0 Å². The van der Waals surface area contributed by atoms with E-state index in [1.807, 2.05) is 0 Å². The van der Waals surface area contributed by atoms with E-state index < -0.39 is 0 Å². The molecular weight excluding hydrogens is 176 g/mol. The van der Waals surface area contributed by atoms with E-state index in [2.05, 4.69) is 31.2 Å². The van der Waals surface area contributed by atoms with Crippen LogP contribution in [0.1, 0.15) is 11.1 Å². The Balaban J connectivity index is 2.62. The van der Waals surface area contributed by atoms with Crippen LogP contribution in [0.2, 0.25) is 0 Å². The first-order valence-corrected chi connectivity index (χ1v) is 5.21. The van der Waals surface area contributed by atoms with Gasteiger partial charge in [-0.15, -0.1) is 23.4 Å². The van der Waals surface area contributed by atoms with Gasteiger partial charge in [0.2, 0.25) is 0 Å². The predicted molar refractivity (Wildman–Crippen MR) is 53.2 cm³/mol. The Bertz CT molecular complexity index is 223. The van der Waals surface area contributed by atoms with E-state index in [0.717, 1.165) is 5.75 Å². The number of benzene rings is 1. The molecule has 0 spiro atoms. The molecule has 0 aliphatic heterocycles. The standard InChI is InChI=1S/C9H11ClS/c1-8-4-2-3-5-9(8)6-11-7-10/h2-5H,6-7H2,1H3. The van der Waals surface area contributed by atoms with Crippen molar-refractivity contribution in [3.05, 3.63) is 35.4 Å². The molecule has 0 aliphatic carbocycles. The molecule has 0 radical (unpaired) electrons. The second kappa shape index (κ2) is 4.68. The summed E-state index contributed by atoms with van der Waals surface area (Å²) in [5.74, 6) is 1.02. The Morgan fingerprint density at radius 3 is 2.73 bits per heavy atom. The Morgan fingerprint density at radius 2 is 2.09 bits per heavy atom. The minimum atomic E-state index is 0.675. The van der Waals surface area contributed by atoms with Crippen molar-refractivity contribution in [2.45, 2.75) is 12.7 Å². The van der Waals surface area contributed by atoms with Gasteiger partial charge in [-0.3, -0.25) is 0 Å². The maximum Gasteiger partial charge on any atom is 0.0683 e. The third-order valence-corrected chi connectivity index (χ3v) is 2.73. The second-order valence-electron chi connectivity index (χ2n) is 2.38. The molecule has 2 heteroatoms. The summed E-state index contributed by atoms with van der Waals surface area (Å²) in [4.78, 5) is 0. The lowest BCUT2D eigenvalue weighted by atomic mass is 10.1. The van der Waals surface area contributed by atoms with Crippen molar-refractivity contribution in [2.75, 3.05) is 5.21 Å². The zero-order chi connectivity index (χ0) is 8.10. The molecule has 0 unspecified atom stereocenters. The molecule has 0 amide bonds. The highest BCUT2D eigenvalue weighted by Gasteiger charge is 1.94.